The van der Waals surface area contributed by atoms with E-state index in [0.29, 0.717) is 44.6 Å². The fourth-order valence-electron chi connectivity index (χ4n) is 13.4. The van der Waals surface area contributed by atoms with Gasteiger partial charge in [-0.15, -0.1) is 0 Å². The molecule has 0 aliphatic carbocycles. The van der Waals surface area contributed by atoms with Crippen LogP contribution < -0.4 is 74.5 Å². The molecule has 109 heavy (non-hydrogen) atoms. The van der Waals surface area contributed by atoms with Crippen LogP contribution in [-0.2, 0) is 33.8 Å². The summed E-state index contributed by atoms with van der Waals surface area (Å²) in [5.41, 5.74) is 20.6. The Kier molecular flexibility index (Phi) is 33.5. The maximum atomic E-state index is 13.2. The molecule has 19 nitrogen and oxygen atoms in total. The average Bonchev–Trinajstić information content (AvgIpc) is 0.914. The monoisotopic (exact) mass is 1650 g/mol. The summed E-state index contributed by atoms with van der Waals surface area (Å²) >= 11 is 2.20. The third-order valence-electron chi connectivity index (χ3n) is 18.6. The van der Waals surface area contributed by atoms with Crippen LogP contribution in [0, 0.1) is 62.8 Å². The van der Waals surface area contributed by atoms with Gasteiger partial charge in [0, 0.05) is 12.3 Å². The van der Waals surface area contributed by atoms with Crippen molar-refractivity contribution < 1.29 is 90.2 Å². The molecule has 0 amide bonds. The second kappa shape index (κ2) is 40.9. The molecule has 1 aliphatic rings. The van der Waals surface area contributed by atoms with Gasteiger partial charge in [-0.3, -0.25) is 46.8 Å². The SMILES string of the molecule is Cc1ccccc1-n1c(C(C)Br)cc2cccc(C)c2c1=O.Cc1ccccc1-n1c(C(C)O)cc2cccc(C)c2c1=O.Cc1ccccc1-n1c(C=O)cc2cccc(C)c2c1=O.Cc1ccccc1-n1c(CO)cc2cccc(C)c2c1=O.Nc1ncnc2c1ncn2C1CCCCO1.[Br-].[CH3-].[H-].[Mg+2].[Na+].[O]=[Mn]=[O]. The number of ether oxygens (including phenoxy) is 1. The van der Waals surface area contributed by atoms with Gasteiger partial charge in [0.2, 0.25) is 0 Å². The normalized spacial score (nSPS) is 12.5. The molecule has 7 heterocycles. The summed E-state index contributed by atoms with van der Waals surface area (Å²) in [6.07, 6.45) is 6.52. The summed E-state index contributed by atoms with van der Waals surface area (Å²) in [6, 6.07) is 61.9. The van der Waals surface area contributed by atoms with Crippen molar-refractivity contribution in [1.29, 1.82) is 0 Å². The maximum absolute atomic E-state index is 13.2. The second-order valence-electron chi connectivity index (χ2n) is 25.7. The minimum atomic E-state index is -1.44. The molecule has 14 aromatic rings. The number of aliphatic hydroxyl groups is 2. The predicted octanol–water partition coefficient (Wildman–Crippen LogP) is 10.3. The Morgan fingerprint density at radius 3 is 1.30 bits per heavy atom. The first-order chi connectivity index (χ1) is 50.5. The van der Waals surface area contributed by atoms with Crippen molar-refractivity contribution in [2.45, 2.75) is 112 Å². The summed E-state index contributed by atoms with van der Waals surface area (Å²) in [4.78, 5) is 75.9. The average molecular weight is 1660 g/mol. The number of aromatic nitrogens is 8. The van der Waals surface area contributed by atoms with E-state index in [9.17, 15) is 34.2 Å². The minimum absolute atomic E-state index is 0. The van der Waals surface area contributed by atoms with E-state index in [1.54, 1.807) is 28.5 Å². The van der Waals surface area contributed by atoms with Crippen LogP contribution in [0.15, 0.2) is 226 Å². The molecule has 3 atom stereocenters. The first-order valence-corrected chi connectivity index (χ1v) is 36.1. The number of nitrogens with zero attached hydrogens (tertiary/aromatic N) is 8. The number of anilines is 1. The van der Waals surface area contributed by atoms with Crippen molar-refractivity contribution in [2.75, 3.05) is 12.3 Å². The third-order valence-corrected chi connectivity index (χ3v) is 19.0. The quantitative estimate of drug-likeness (QED) is 0.0526. The molecular weight excluding hydrogens is 1570 g/mol. The van der Waals surface area contributed by atoms with Crippen LogP contribution in [0.2, 0.25) is 0 Å². The number of benzene rings is 8. The molecule has 15 rings (SSSR count). The van der Waals surface area contributed by atoms with Gasteiger partial charge in [-0.05, 0) is 203 Å². The van der Waals surface area contributed by atoms with E-state index < -0.39 is 20.9 Å². The number of aldehydes is 1. The fraction of sp³-hybridized carbons (Fsp3) is 0.212. The number of aryl methyl sites for hydroxylation is 8. The van der Waals surface area contributed by atoms with Gasteiger partial charge >= 0.3 is 75.1 Å². The summed E-state index contributed by atoms with van der Waals surface area (Å²) in [5.74, 6) is 0.416. The Bertz CT molecular complexity index is 5730. The van der Waals surface area contributed by atoms with Crippen molar-refractivity contribution in [3.05, 3.63) is 323 Å². The first kappa shape index (κ1) is 89.2. The molecule has 3 unspecified atom stereocenters. The third kappa shape index (κ3) is 19.7. The van der Waals surface area contributed by atoms with Crippen molar-refractivity contribution in [3.8, 4) is 22.7 Å². The van der Waals surface area contributed by atoms with Gasteiger partial charge in [0.15, 0.2) is 17.8 Å². The number of halogens is 2. The molecule has 0 bridgehead atoms. The number of carbonyl (C=O) groups is 1. The fourth-order valence-corrected chi connectivity index (χ4v) is 13.7. The van der Waals surface area contributed by atoms with Crippen LogP contribution in [0.25, 0.3) is 77.0 Å². The van der Waals surface area contributed by atoms with Gasteiger partial charge < -0.3 is 46.5 Å². The van der Waals surface area contributed by atoms with Crippen molar-refractivity contribution in [2.24, 2.45) is 0 Å². The van der Waals surface area contributed by atoms with E-state index in [4.69, 9.17) is 18.1 Å². The number of hydrogen-bond donors (Lipinski definition) is 3. The number of carbonyl (C=O) groups excluding carboxylic acids is 1. The van der Waals surface area contributed by atoms with Crippen molar-refractivity contribution in [3.63, 3.8) is 0 Å². The molecule has 1 saturated heterocycles. The summed E-state index contributed by atoms with van der Waals surface area (Å²) in [6.45, 7) is 20.0. The van der Waals surface area contributed by atoms with Gasteiger partial charge in [-0.1, -0.05) is 162 Å². The number of rotatable bonds is 9. The van der Waals surface area contributed by atoms with Crippen LogP contribution in [-0.4, -0.2) is 83.9 Å². The van der Waals surface area contributed by atoms with E-state index in [2.05, 4.69) is 36.9 Å². The second-order valence-corrected chi connectivity index (χ2v) is 27.3. The zero-order chi connectivity index (χ0) is 75.3. The van der Waals surface area contributed by atoms with Gasteiger partial charge in [0.1, 0.15) is 18.1 Å². The van der Waals surface area contributed by atoms with E-state index in [1.165, 1.54) is 17.3 Å². The standard InChI is InChI=1S/C19H18BrNO.C19H19NO2.C18H17NO2.C18H15NO2.C10H13N5O.CH3.BrH.Mg.Mn.Na.2O.H/c1-12-7-4-5-10-16(12)21-17(14(3)20)11-15-9-6-8-13(2)18(15)19(21)22;1-12-7-4-5-10-16(12)20-17(14(3)21)11-15-9-6-8-13(2)18(15)19(20)22;2*1-12-6-3-4-9-16(12)19-15(11-20)10-14-8-5-7-13(2)17(14)18(19)21;11-9-8-10(13-5-12-9)15(6-14-8)7-3-1-2-4-16-7;;;;;;;;/h4-11,14H,1-3H3;4-11,14,21H,1-3H3;3-10,20H,11H2,1-2H3;3-11H,1-2H3;5-7H,1-4H2,(H2,11,12,13);1H3;1H;;;;;;/q;;;;;-1;;+2;;+1;;;-1/p-1. The van der Waals surface area contributed by atoms with E-state index in [1.807, 2.05) is 253 Å². The van der Waals surface area contributed by atoms with Crippen LogP contribution >= 0.6 is 15.9 Å². The molecule has 1 aliphatic heterocycles. The van der Waals surface area contributed by atoms with Gasteiger partial charge in [-0.25, -0.2) is 15.0 Å². The van der Waals surface area contributed by atoms with Crippen LogP contribution in [0.4, 0.5) is 5.82 Å². The summed E-state index contributed by atoms with van der Waals surface area (Å²) in [7, 11) is 0. The number of alkyl halides is 1. The zero-order valence-electron chi connectivity index (χ0n) is 64.1. The Morgan fingerprint density at radius 1 is 0.541 bits per heavy atom. The molecule has 555 valence electrons. The van der Waals surface area contributed by atoms with Gasteiger partial charge in [-0.2, -0.15) is 0 Å². The molecule has 0 saturated carbocycles. The molecule has 0 spiro atoms. The zero-order valence-corrected chi connectivity index (χ0v) is 70.9. The van der Waals surface area contributed by atoms with Gasteiger partial charge in [0.25, 0.3) is 22.2 Å². The van der Waals surface area contributed by atoms with Gasteiger partial charge in [0.05, 0.1) is 85.2 Å². The van der Waals surface area contributed by atoms with Crippen molar-refractivity contribution >= 4 is 105 Å². The molecule has 4 N–H and O–H groups in total. The topological polar surface area (TPSA) is 259 Å². The number of aliphatic hydroxyl groups excluding tert-OH is 2. The number of hydrogen-bond acceptors (Lipinski definition) is 14. The molecular formula is C85H86Br2MgMnN9NaO10. The number of para-hydroxylation sites is 4. The molecule has 0 radical (unpaired) electrons. The number of nitrogens with two attached hydrogens (primary N) is 1. The Labute approximate surface area is 697 Å². The molecule has 8 aromatic carbocycles. The number of imidazole rings is 1. The Morgan fingerprint density at radius 2 is 0.908 bits per heavy atom. The Balaban J connectivity index is 0.000000242. The molecule has 24 heteroatoms. The number of fused-ring (bicyclic) bond motifs is 5. The first-order valence-electron chi connectivity index (χ1n) is 34.2. The van der Waals surface area contributed by atoms with E-state index in [0.717, 1.165) is 131 Å². The van der Waals surface area contributed by atoms with Crippen LogP contribution in [0.3, 0.4) is 0 Å². The Hall–Kier alpha value is -8.65. The summed E-state index contributed by atoms with van der Waals surface area (Å²) < 4.78 is 31.0. The van der Waals surface area contributed by atoms with E-state index >= 15 is 0 Å². The predicted molar refractivity (Wildman–Crippen MR) is 429 cm³/mol. The number of nitrogen functional groups attached to an aromatic ring is 1. The van der Waals surface area contributed by atoms with Crippen LogP contribution in [0.5, 0.6) is 0 Å². The molecule has 1 fully saturated rings. The summed E-state index contributed by atoms with van der Waals surface area (Å²) in [5, 5.41) is 26.2. The molecule has 6 aromatic heterocycles. The van der Waals surface area contributed by atoms with Crippen LogP contribution in [0.1, 0.15) is 124 Å². The van der Waals surface area contributed by atoms with Crippen molar-refractivity contribution in [1.82, 2.24) is 37.8 Å². The number of pyridine rings is 4. The van der Waals surface area contributed by atoms with E-state index in [-0.39, 0.29) is 118 Å².